The smallest absolute Gasteiger partial charge is 0.190 e. The van der Waals surface area contributed by atoms with Crippen LogP contribution in [-0.4, -0.2) is 46.0 Å². The molecule has 0 aromatic carbocycles. The van der Waals surface area contributed by atoms with Crippen molar-refractivity contribution in [2.45, 2.75) is 26.2 Å². The van der Waals surface area contributed by atoms with Gasteiger partial charge in [0, 0.05) is 20.1 Å². The first-order valence-corrected chi connectivity index (χ1v) is 8.04. The van der Waals surface area contributed by atoms with Gasteiger partial charge in [-0.15, -0.1) is 24.0 Å². The van der Waals surface area contributed by atoms with Crippen LogP contribution in [0.25, 0.3) is 0 Å². The Morgan fingerprint density at radius 2 is 2.11 bits per heavy atom. The van der Waals surface area contributed by atoms with E-state index in [1.807, 2.05) is 0 Å². The molecule has 1 rings (SSSR count). The fourth-order valence-electron chi connectivity index (χ4n) is 1.88. The summed E-state index contributed by atoms with van der Waals surface area (Å²) in [5, 5.41) is 6.39. The zero-order chi connectivity index (χ0) is 12.7. The van der Waals surface area contributed by atoms with Crippen LogP contribution in [0, 0.1) is 5.92 Å². The topological polar surface area (TPSA) is 70.6 Å². The Kier molecular flexibility index (Phi) is 8.93. The fourth-order valence-corrected chi connectivity index (χ4v) is 3.74. The summed E-state index contributed by atoms with van der Waals surface area (Å²) < 4.78 is 22.6. The number of guanidine groups is 1. The molecule has 5 nitrogen and oxygen atoms in total. The van der Waals surface area contributed by atoms with Gasteiger partial charge >= 0.3 is 0 Å². The molecule has 1 aliphatic rings. The molecule has 0 saturated carbocycles. The number of rotatable bonds is 5. The van der Waals surface area contributed by atoms with Crippen LogP contribution < -0.4 is 10.6 Å². The van der Waals surface area contributed by atoms with Crippen molar-refractivity contribution < 1.29 is 8.42 Å². The van der Waals surface area contributed by atoms with Crippen LogP contribution in [-0.2, 0) is 9.84 Å². The van der Waals surface area contributed by atoms with Crippen molar-refractivity contribution in [3.63, 3.8) is 0 Å². The molecule has 1 unspecified atom stereocenters. The molecule has 0 aliphatic carbocycles. The standard InChI is InChI=1S/C11H23N3O2S.HI/c1-3-4-6-13-11(12-2)14-8-10-5-7-17(15,16)9-10;/h10H,3-9H2,1-2H3,(H2,12,13,14);1H. The highest BCUT2D eigenvalue weighted by molar-refractivity contribution is 14.0. The highest BCUT2D eigenvalue weighted by atomic mass is 127. The molecule has 0 aromatic heterocycles. The van der Waals surface area contributed by atoms with Crippen LogP contribution in [0.3, 0.4) is 0 Å². The van der Waals surface area contributed by atoms with E-state index in [0.29, 0.717) is 18.1 Å². The molecular formula is C11H24IN3O2S. The second kappa shape index (κ2) is 8.95. The van der Waals surface area contributed by atoms with Crippen LogP contribution in [0.1, 0.15) is 26.2 Å². The Labute approximate surface area is 127 Å². The summed E-state index contributed by atoms with van der Waals surface area (Å²) in [6.45, 7) is 3.73. The molecule has 1 heterocycles. The van der Waals surface area contributed by atoms with Gasteiger partial charge in [0.2, 0.25) is 0 Å². The first-order valence-electron chi connectivity index (χ1n) is 6.22. The van der Waals surface area contributed by atoms with Crippen LogP contribution in [0.4, 0.5) is 0 Å². The Morgan fingerprint density at radius 1 is 1.39 bits per heavy atom. The van der Waals surface area contributed by atoms with Crippen LogP contribution >= 0.6 is 24.0 Å². The Bertz CT molecular complexity index is 357. The maximum absolute atomic E-state index is 11.3. The lowest BCUT2D eigenvalue weighted by Crippen LogP contribution is -2.40. The van der Waals surface area contributed by atoms with Gasteiger partial charge in [0.05, 0.1) is 11.5 Å². The Morgan fingerprint density at radius 3 is 2.61 bits per heavy atom. The average Bonchev–Trinajstić information content (AvgIpc) is 2.63. The number of nitrogens with one attached hydrogen (secondary N) is 2. The first-order chi connectivity index (χ1) is 8.07. The van der Waals surface area contributed by atoms with Gasteiger partial charge in [-0.3, -0.25) is 4.99 Å². The second-order valence-electron chi connectivity index (χ2n) is 4.50. The Hall–Kier alpha value is -0.0500. The number of unbranched alkanes of at least 4 members (excludes halogenated alkanes) is 1. The van der Waals surface area contributed by atoms with E-state index in [-0.39, 0.29) is 29.9 Å². The summed E-state index contributed by atoms with van der Waals surface area (Å²) in [5.41, 5.74) is 0. The number of sulfone groups is 1. The zero-order valence-corrected chi connectivity index (χ0v) is 14.3. The fraction of sp³-hybridized carbons (Fsp3) is 0.909. The van der Waals surface area contributed by atoms with Crippen LogP contribution in [0.15, 0.2) is 4.99 Å². The van der Waals surface area contributed by atoms with Crippen molar-refractivity contribution in [2.24, 2.45) is 10.9 Å². The molecule has 0 radical (unpaired) electrons. The van der Waals surface area contributed by atoms with Gasteiger partial charge in [0.15, 0.2) is 15.8 Å². The SMILES string of the molecule is CCCCNC(=NC)NCC1CCS(=O)(=O)C1.I. The molecule has 108 valence electrons. The first kappa shape index (κ1) is 17.9. The third kappa shape index (κ3) is 6.77. The molecule has 18 heavy (non-hydrogen) atoms. The van der Waals surface area contributed by atoms with E-state index in [1.54, 1.807) is 7.05 Å². The third-order valence-electron chi connectivity index (χ3n) is 2.93. The second-order valence-corrected chi connectivity index (χ2v) is 6.73. The van der Waals surface area contributed by atoms with Crippen LogP contribution in [0.2, 0.25) is 0 Å². The minimum Gasteiger partial charge on any atom is -0.356 e. The largest absolute Gasteiger partial charge is 0.356 e. The predicted octanol–water partition coefficient (Wildman–Crippen LogP) is 1.00. The van der Waals surface area contributed by atoms with Crippen molar-refractivity contribution in [3.05, 3.63) is 0 Å². The molecule has 1 fully saturated rings. The number of hydrogen-bond acceptors (Lipinski definition) is 3. The minimum absolute atomic E-state index is 0. The quantitative estimate of drug-likeness (QED) is 0.319. The molecule has 2 N–H and O–H groups in total. The van der Waals surface area contributed by atoms with E-state index in [4.69, 9.17) is 0 Å². The summed E-state index contributed by atoms with van der Waals surface area (Å²) in [7, 11) is -1.04. The van der Waals surface area contributed by atoms with E-state index >= 15 is 0 Å². The van der Waals surface area contributed by atoms with Gasteiger partial charge in [0.1, 0.15) is 0 Å². The number of nitrogens with zero attached hydrogens (tertiary/aromatic N) is 1. The summed E-state index contributed by atoms with van der Waals surface area (Å²) in [6.07, 6.45) is 3.02. The average molecular weight is 389 g/mol. The van der Waals surface area contributed by atoms with E-state index in [0.717, 1.165) is 31.8 Å². The highest BCUT2D eigenvalue weighted by Gasteiger charge is 2.27. The zero-order valence-electron chi connectivity index (χ0n) is 11.1. The van der Waals surface area contributed by atoms with Gasteiger partial charge in [-0.2, -0.15) is 0 Å². The number of aliphatic imine (C=N–C) groups is 1. The lowest BCUT2D eigenvalue weighted by atomic mass is 10.1. The van der Waals surface area contributed by atoms with Crippen LogP contribution in [0.5, 0.6) is 0 Å². The van der Waals surface area contributed by atoms with E-state index in [1.165, 1.54) is 0 Å². The molecule has 1 aliphatic heterocycles. The summed E-state index contributed by atoms with van der Waals surface area (Å²) in [5.74, 6) is 1.64. The van der Waals surface area contributed by atoms with Crippen molar-refractivity contribution >= 4 is 39.8 Å². The highest BCUT2D eigenvalue weighted by Crippen LogP contribution is 2.17. The van der Waals surface area contributed by atoms with E-state index < -0.39 is 9.84 Å². The molecule has 7 heteroatoms. The maximum Gasteiger partial charge on any atom is 0.190 e. The van der Waals surface area contributed by atoms with Gasteiger partial charge in [-0.1, -0.05) is 13.3 Å². The molecule has 1 atom stereocenters. The van der Waals surface area contributed by atoms with Crippen molar-refractivity contribution in [1.82, 2.24) is 10.6 Å². The number of hydrogen-bond donors (Lipinski definition) is 2. The monoisotopic (exact) mass is 389 g/mol. The van der Waals surface area contributed by atoms with Gasteiger partial charge in [-0.05, 0) is 18.8 Å². The molecule has 1 saturated heterocycles. The lowest BCUT2D eigenvalue weighted by Gasteiger charge is -2.14. The van der Waals surface area contributed by atoms with Gasteiger partial charge in [-0.25, -0.2) is 8.42 Å². The molecule has 0 bridgehead atoms. The molecular weight excluding hydrogens is 365 g/mol. The molecule has 0 amide bonds. The van der Waals surface area contributed by atoms with Crippen molar-refractivity contribution in [3.8, 4) is 0 Å². The Balaban J connectivity index is 0.00000289. The summed E-state index contributed by atoms with van der Waals surface area (Å²) in [6, 6.07) is 0. The van der Waals surface area contributed by atoms with E-state index in [2.05, 4.69) is 22.5 Å². The summed E-state index contributed by atoms with van der Waals surface area (Å²) in [4.78, 5) is 4.10. The van der Waals surface area contributed by atoms with Gasteiger partial charge in [0.25, 0.3) is 0 Å². The maximum atomic E-state index is 11.3. The third-order valence-corrected chi connectivity index (χ3v) is 4.77. The minimum atomic E-state index is -2.77. The van der Waals surface area contributed by atoms with E-state index in [9.17, 15) is 8.42 Å². The molecule has 0 aromatic rings. The lowest BCUT2D eigenvalue weighted by molar-refractivity contribution is 0.566. The van der Waals surface area contributed by atoms with Crippen molar-refractivity contribution in [1.29, 1.82) is 0 Å². The van der Waals surface area contributed by atoms with Gasteiger partial charge < -0.3 is 10.6 Å². The summed E-state index contributed by atoms with van der Waals surface area (Å²) >= 11 is 0. The van der Waals surface area contributed by atoms with Crippen molar-refractivity contribution in [2.75, 3.05) is 31.6 Å². The predicted molar refractivity (Wildman–Crippen MR) is 86.4 cm³/mol. The molecule has 0 spiro atoms. The normalized spacial score (nSPS) is 22.3. The number of halogens is 1.